The lowest BCUT2D eigenvalue weighted by Gasteiger charge is -2.27. The topological polar surface area (TPSA) is 70.1 Å². The molecule has 2 aliphatic heterocycles. The second-order valence-electron chi connectivity index (χ2n) is 8.79. The Labute approximate surface area is 192 Å². The molecule has 0 radical (unpaired) electrons. The maximum Gasteiger partial charge on any atom is 0.295 e. The normalized spacial score (nSPS) is 19.4. The molecule has 1 unspecified atom stereocenters. The van der Waals surface area contributed by atoms with Crippen LogP contribution in [0.15, 0.2) is 66.2 Å². The predicted octanol–water partition coefficient (Wildman–Crippen LogP) is 3.76. The molecule has 5 rings (SSSR count). The van der Waals surface area contributed by atoms with Crippen molar-refractivity contribution in [2.45, 2.75) is 12.5 Å². The summed E-state index contributed by atoms with van der Waals surface area (Å²) in [5.74, 6) is -0.585. The van der Waals surface area contributed by atoms with Gasteiger partial charge in [-0.25, -0.2) is 0 Å². The summed E-state index contributed by atoms with van der Waals surface area (Å²) in [5.41, 5.74) is 2.48. The van der Waals surface area contributed by atoms with Gasteiger partial charge in [-0.05, 0) is 54.2 Å². The number of rotatable bonds is 5. The Balaban J connectivity index is 1.70. The Kier molecular flexibility index (Phi) is 5.38. The molecule has 1 fully saturated rings. The van der Waals surface area contributed by atoms with Gasteiger partial charge >= 0.3 is 0 Å². The molecule has 3 aromatic carbocycles. The van der Waals surface area contributed by atoms with Crippen molar-refractivity contribution in [1.29, 1.82) is 0 Å². The number of carbonyl (C=O) groups excluding carboxylic acids is 2. The van der Waals surface area contributed by atoms with E-state index in [1.54, 1.807) is 11.0 Å². The van der Waals surface area contributed by atoms with Gasteiger partial charge in [0, 0.05) is 25.1 Å². The summed E-state index contributed by atoms with van der Waals surface area (Å²) in [7, 11) is 3.85. The minimum absolute atomic E-state index is 0.133. The second-order valence-corrected chi connectivity index (χ2v) is 8.79. The van der Waals surface area contributed by atoms with Crippen molar-refractivity contribution in [3.8, 4) is 5.75 Å². The maximum absolute atomic E-state index is 13.3. The number of aliphatic hydroxyl groups is 1. The molecule has 0 saturated carbocycles. The van der Waals surface area contributed by atoms with Gasteiger partial charge < -0.3 is 19.6 Å². The molecule has 6 heteroatoms. The van der Waals surface area contributed by atoms with E-state index in [1.807, 2.05) is 73.6 Å². The number of hydrogen-bond acceptors (Lipinski definition) is 5. The van der Waals surface area contributed by atoms with Gasteiger partial charge in [0.1, 0.15) is 11.5 Å². The van der Waals surface area contributed by atoms with Crippen LogP contribution in [0, 0.1) is 0 Å². The Bertz CT molecular complexity index is 1290. The van der Waals surface area contributed by atoms with Gasteiger partial charge in [-0.3, -0.25) is 9.59 Å². The van der Waals surface area contributed by atoms with E-state index >= 15 is 0 Å². The van der Waals surface area contributed by atoms with Crippen LogP contribution in [0.5, 0.6) is 5.75 Å². The van der Waals surface area contributed by atoms with Gasteiger partial charge in [0.05, 0.1) is 18.2 Å². The third-order valence-corrected chi connectivity index (χ3v) is 6.41. The largest absolute Gasteiger partial charge is 0.507 e. The minimum Gasteiger partial charge on any atom is -0.507 e. The summed E-state index contributed by atoms with van der Waals surface area (Å²) >= 11 is 0. The van der Waals surface area contributed by atoms with E-state index in [2.05, 4.69) is 0 Å². The van der Waals surface area contributed by atoms with Gasteiger partial charge in [0.25, 0.3) is 11.7 Å². The molecule has 0 aliphatic carbocycles. The number of carbonyl (C=O) groups is 2. The monoisotopic (exact) mass is 442 g/mol. The van der Waals surface area contributed by atoms with Gasteiger partial charge in [-0.15, -0.1) is 0 Å². The number of likely N-dealkylation sites (N-methyl/N-ethyl adjacent to an activating group) is 1. The molecule has 1 atom stereocenters. The SMILES string of the molecule is CN(C)CCN1C(=O)C(=O)/C(=C(\O)c2ccc3c(c2)CCO3)C1c1cccc2ccccc12. The molecule has 2 aliphatic rings. The molecule has 1 N–H and O–H groups in total. The summed E-state index contributed by atoms with van der Waals surface area (Å²) in [6.45, 7) is 1.58. The number of fused-ring (bicyclic) bond motifs is 2. The van der Waals surface area contributed by atoms with Crippen LogP contribution in [-0.4, -0.2) is 60.4 Å². The van der Waals surface area contributed by atoms with Gasteiger partial charge in [0.15, 0.2) is 0 Å². The van der Waals surface area contributed by atoms with E-state index in [9.17, 15) is 14.7 Å². The number of likely N-dealkylation sites (tertiary alicyclic amines) is 1. The number of ether oxygens (including phenoxy) is 1. The van der Waals surface area contributed by atoms with Gasteiger partial charge in [-0.1, -0.05) is 42.5 Å². The number of ketones is 1. The molecule has 1 saturated heterocycles. The number of hydrogen-bond donors (Lipinski definition) is 1. The van der Waals surface area contributed by atoms with Crippen LogP contribution < -0.4 is 4.74 Å². The number of aliphatic hydroxyl groups excluding tert-OH is 1. The summed E-state index contributed by atoms with van der Waals surface area (Å²) in [6, 6.07) is 18.5. The van der Waals surface area contributed by atoms with Crippen LogP contribution in [0.25, 0.3) is 16.5 Å². The van der Waals surface area contributed by atoms with Gasteiger partial charge in [-0.2, -0.15) is 0 Å². The summed E-state index contributed by atoms with van der Waals surface area (Å²) in [5, 5.41) is 13.3. The standard InChI is InChI=1S/C27H26N2O4/c1-28(2)13-14-29-24(21-9-5-7-17-6-3-4-8-20(17)21)23(26(31)27(29)32)25(30)19-10-11-22-18(16-19)12-15-33-22/h3-11,16,24,30H,12-15H2,1-2H3/b25-23-. The zero-order valence-electron chi connectivity index (χ0n) is 18.7. The van der Waals surface area contributed by atoms with Gasteiger partial charge in [0.2, 0.25) is 0 Å². The Morgan fingerprint density at radius 3 is 2.70 bits per heavy atom. The first-order valence-corrected chi connectivity index (χ1v) is 11.1. The minimum atomic E-state index is -0.666. The zero-order chi connectivity index (χ0) is 23.1. The lowest BCUT2D eigenvalue weighted by Crippen LogP contribution is -2.35. The lowest BCUT2D eigenvalue weighted by atomic mass is 9.91. The van der Waals surface area contributed by atoms with Crippen molar-refractivity contribution in [3.63, 3.8) is 0 Å². The van der Waals surface area contributed by atoms with Crippen molar-refractivity contribution < 1.29 is 19.4 Å². The average molecular weight is 443 g/mol. The van der Waals surface area contributed by atoms with Crippen LogP contribution >= 0.6 is 0 Å². The lowest BCUT2D eigenvalue weighted by molar-refractivity contribution is -0.140. The molecule has 33 heavy (non-hydrogen) atoms. The van der Waals surface area contributed by atoms with E-state index in [0.29, 0.717) is 25.3 Å². The first kappa shape index (κ1) is 21.2. The zero-order valence-corrected chi connectivity index (χ0v) is 18.7. The van der Waals surface area contributed by atoms with Crippen molar-refractivity contribution >= 4 is 28.2 Å². The highest BCUT2D eigenvalue weighted by molar-refractivity contribution is 6.46. The molecule has 0 aromatic heterocycles. The van der Waals surface area contributed by atoms with Crippen molar-refractivity contribution in [3.05, 3.63) is 82.9 Å². The fourth-order valence-corrected chi connectivity index (χ4v) is 4.72. The number of amides is 1. The molecule has 0 spiro atoms. The molecule has 3 aromatic rings. The van der Waals surface area contributed by atoms with E-state index in [4.69, 9.17) is 4.74 Å². The first-order chi connectivity index (χ1) is 16.0. The number of Topliss-reactive ketones (excluding diaryl/α,β-unsaturated/α-hetero) is 1. The van der Waals surface area contributed by atoms with E-state index in [0.717, 1.165) is 34.1 Å². The highest BCUT2D eigenvalue weighted by Crippen LogP contribution is 2.42. The molecular weight excluding hydrogens is 416 g/mol. The summed E-state index contributed by atoms with van der Waals surface area (Å²) in [6.07, 6.45) is 0.750. The quantitative estimate of drug-likeness (QED) is 0.370. The Morgan fingerprint density at radius 1 is 1.09 bits per heavy atom. The van der Waals surface area contributed by atoms with Crippen LogP contribution in [0.2, 0.25) is 0 Å². The van der Waals surface area contributed by atoms with Crippen LogP contribution in [-0.2, 0) is 16.0 Å². The third-order valence-electron chi connectivity index (χ3n) is 6.41. The van der Waals surface area contributed by atoms with E-state index < -0.39 is 17.7 Å². The average Bonchev–Trinajstić information content (AvgIpc) is 3.39. The maximum atomic E-state index is 13.3. The smallest absolute Gasteiger partial charge is 0.295 e. The van der Waals surface area contributed by atoms with Crippen molar-refractivity contribution in [1.82, 2.24) is 9.80 Å². The summed E-state index contributed by atoms with van der Waals surface area (Å²) in [4.78, 5) is 30.0. The molecule has 1 amide bonds. The molecule has 6 nitrogen and oxygen atoms in total. The Hall–Kier alpha value is -3.64. The molecule has 2 heterocycles. The highest BCUT2D eigenvalue weighted by atomic mass is 16.5. The van der Waals surface area contributed by atoms with Crippen LogP contribution in [0.1, 0.15) is 22.7 Å². The number of benzene rings is 3. The van der Waals surface area contributed by atoms with Crippen LogP contribution in [0.3, 0.4) is 0 Å². The van der Waals surface area contributed by atoms with E-state index in [-0.39, 0.29) is 11.3 Å². The van der Waals surface area contributed by atoms with Crippen molar-refractivity contribution in [2.75, 3.05) is 33.8 Å². The number of nitrogens with zero attached hydrogens (tertiary/aromatic N) is 2. The first-order valence-electron chi connectivity index (χ1n) is 11.1. The van der Waals surface area contributed by atoms with Crippen molar-refractivity contribution in [2.24, 2.45) is 0 Å². The molecule has 168 valence electrons. The predicted molar refractivity (Wildman–Crippen MR) is 127 cm³/mol. The Morgan fingerprint density at radius 2 is 1.88 bits per heavy atom. The fourth-order valence-electron chi connectivity index (χ4n) is 4.72. The highest BCUT2D eigenvalue weighted by Gasteiger charge is 2.46. The molecular formula is C27H26N2O4. The third kappa shape index (κ3) is 3.66. The summed E-state index contributed by atoms with van der Waals surface area (Å²) < 4.78 is 5.58. The fraction of sp³-hybridized carbons (Fsp3) is 0.259. The van der Waals surface area contributed by atoms with E-state index in [1.165, 1.54) is 0 Å². The second kappa shape index (κ2) is 8.37. The molecule has 0 bridgehead atoms. The van der Waals surface area contributed by atoms with Crippen LogP contribution in [0.4, 0.5) is 0 Å².